The zero-order valence-electron chi connectivity index (χ0n) is 13.2. The molecule has 0 spiro atoms. The molecule has 3 aromatic heterocycles. The van der Waals surface area contributed by atoms with Gasteiger partial charge in [-0.1, -0.05) is 6.07 Å². The van der Waals surface area contributed by atoms with Crippen LogP contribution >= 0.6 is 11.3 Å². The summed E-state index contributed by atoms with van der Waals surface area (Å²) in [5.41, 5.74) is 3.03. The zero-order chi connectivity index (χ0) is 17.4. The highest BCUT2D eigenvalue weighted by Crippen LogP contribution is 2.27. The fourth-order valence-corrected chi connectivity index (χ4v) is 3.44. The number of rotatable bonds is 3. The van der Waals surface area contributed by atoms with Gasteiger partial charge in [-0.05, 0) is 37.3 Å². The van der Waals surface area contributed by atoms with Crippen LogP contribution in [0.1, 0.15) is 15.4 Å². The molecule has 0 aliphatic carbocycles. The van der Waals surface area contributed by atoms with Crippen LogP contribution in [-0.2, 0) is 0 Å². The van der Waals surface area contributed by atoms with Gasteiger partial charge in [0.1, 0.15) is 9.88 Å². The number of aromatic amines is 2. The minimum absolute atomic E-state index is 0.241. The summed E-state index contributed by atoms with van der Waals surface area (Å²) in [6.45, 7) is 1.80. The Kier molecular flexibility index (Phi) is 3.66. The number of nitrogens with zero attached hydrogens (tertiary/aromatic N) is 2. The summed E-state index contributed by atoms with van der Waals surface area (Å²) in [6, 6.07) is 10.8. The van der Waals surface area contributed by atoms with Crippen LogP contribution in [0.3, 0.4) is 0 Å². The van der Waals surface area contributed by atoms with Crippen molar-refractivity contribution in [2.75, 3.05) is 5.32 Å². The van der Waals surface area contributed by atoms with E-state index in [0.29, 0.717) is 32.3 Å². The molecule has 4 aromatic rings. The van der Waals surface area contributed by atoms with Gasteiger partial charge < -0.3 is 15.3 Å². The van der Waals surface area contributed by atoms with Crippen LogP contribution in [0.2, 0.25) is 0 Å². The van der Waals surface area contributed by atoms with Crippen LogP contribution in [-0.4, -0.2) is 25.8 Å². The smallest absolute Gasteiger partial charge is 0.321 e. The molecule has 7 nitrogen and oxygen atoms in total. The third kappa shape index (κ3) is 2.94. The third-order valence-electron chi connectivity index (χ3n) is 3.66. The van der Waals surface area contributed by atoms with Crippen LogP contribution in [0.15, 0.2) is 47.4 Å². The molecule has 4 rings (SSSR count). The topological polar surface area (TPSA) is 104 Å². The fraction of sp³-hybridized carbons (Fsp3) is 0.0588. The zero-order valence-corrected chi connectivity index (χ0v) is 14.0. The van der Waals surface area contributed by atoms with Gasteiger partial charge in [0.05, 0.1) is 22.4 Å². The Morgan fingerprint density at radius 2 is 2.00 bits per heavy atom. The van der Waals surface area contributed by atoms with E-state index in [1.807, 2.05) is 18.2 Å². The summed E-state index contributed by atoms with van der Waals surface area (Å²) in [7, 11) is 0. The Balaban J connectivity index is 1.62. The SMILES string of the molecule is Cc1nc(-c2ccccn2)sc1C(=O)Nc1ccc2[nH]c(=O)[nH]c2c1. The van der Waals surface area contributed by atoms with Gasteiger partial charge in [0.15, 0.2) is 0 Å². The van der Waals surface area contributed by atoms with E-state index in [1.54, 1.807) is 31.3 Å². The first-order chi connectivity index (χ1) is 12.1. The number of anilines is 1. The highest BCUT2D eigenvalue weighted by molar-refractivity contribution is 7.17. The molecule has 0 unspecified atom stereocenters. The van der Waals surface area contributed by atoms with E-state index in [1.165, 1.54) is 11.3 Å². The fourth-order valence-electron chi connectivity index (χ4n) is 2.50. The average Bonchev–Trinajstić information content (AvgIpc) is 3.17. The maximum atomic E-state index is 12.6. The molecule has 0 radical (unpaired) electrons. The van der Waals surface area contributed by atoms with E-state index < -0.39 is 0 Å². The Labute approximate surface area is 145 Å². The number of imidazole rings is 1. The van der Waals surface area contributed by atoms with Gasteiger partial charge in [-0.15, -0.1) is 11.3 Å². The van der Waals surface area contributed by atoms with Crippen molar-refractivity contribution >= 4 is 34.0 Å². The molecule has 0 aliphatic heterocycles. The van der Waals surface area contributed by atoms with Crippen molar-refractivity contribution in [2.24, 2.45) is 0 Å². The van der Waals surface area contributed by atoms with Gasteiger partial charge in [-0.2, -0.15) is 0 Å². The molecular weight excluding hydrogens is 338 g/mol. The number of benzene rings is 1. The maximum absolute atomic E-state index is 12.6. The molecule has 0 atom stereocenters. The van der Waals surface area contributed by atoms with Crippen LogP contribution in [0.4, 0.5) is 5.69 Å². The number of thiazole rings is 1. The molecule has 8 heteroatoms. The molecule has 3 N–H and O–H groups in total. The predicted molar refractivity (Wildman–Crippen MR) is 97.0 cm³/mol. The number of amides is 1. The number of fused-ring (bicyclic) bond motifs is 1. The summed E-state index contributed by atoms with van der Waals surface area (Å²) in [5, 5.41) is 3.54. The van der Waals surface area contributed by atoms with Gasteiger partial charge in [0.2, 0.25) is 0 Å². The summed E-state index contributed by atoms with van der Waals surface area (Å²) in [6.07, 6.45) is 1.69. The van der Waals surface area contributed by atoms with E-state index in [9.17, 15) is 9.59 Å². The van der Waals surface area contributed by atoms with E-state index >= 15 is 0 Å². The van der Waals surface area contributed by atoms with Crippen molar-refractivity contribution in [1.29, 1.82) is 0 Å². The lowest BCUT2D eigenvalue weighted by molar-refractivity contribution is 0.103. The number of H-pyrrole nitrogens is 2. The lowest BCUT2D eigenvalue weighted by Crippen LogP contribution is -2.11. The second-order valence-corrected chi connectivity index (χ2v) is 6.44. The lowest BCUT2D eigenvalue weighted by atomic mass is 10.2. The molecule has 0 aliphatic rings. The van der Waals surface area contributed by atoms with Crippen molar-refractivity contribution in [3.05, 3.63) is 63.7 Å². The normalized spacial score (nSPS) is 10.9. The predicted octanol–water partition coefficient (Wildman–Crippen LogP) is 2.94. The number of carbonyl (C=O) groups excluding carboxylic acids is 1. The first-order valence-corrected chi connectivity index (χ1v) is 8.34. The minimum Gasteiger partial charge on any atom is -0.321 e. The van der Waals surface area contributed by atoms with Crippen LogP contribution in [0.5, 0.6) is 0 Å². The molecule has 0 saturated carbocycles. The first kappa shape index (κ1) is 15.3. The number of aryl methyl sites for hydroxylation is 1. The van der Waals surface area contributed by atoms with Crippen molar-refractivity contribution in [1.82, 2.24) is 19.9 Å². The van der Waals surface area contributed by atoms with Gasteiger partial charge in [0, 0.05) is 11.9 Å². The molecule has 1 amide bonds. The largest absolute Gasteiger partial charge is 0.323 e. The van der Waals surface area contributed by atoms with Gasteiger partial charge in [0.25, 0.3) is 5.91 Å². The summed E-state index contributed by atoms with van der Waals surface area (Å²) >= 11 is 1.30. The standard InChI is InChI=1S/C17H13N5O2S/c1-9-14(25-16(19-9)12-4-2-3-7-18-12)15(23)20-10-5-6-11-13(8-10)22-17(24)21-11/h2-8H,1H3,(H,20,23)(H2,21,22,24). The Hall–Kier alpha value is -3.26. The number of pyridine rings is 1. The van der Waals surface area contributed by atoms with Crippen molar-refractivity contribution in [3.63, 3.8) is 0 Å². The first-order valence-electron chi connectivity index (χ1n) is 7.52. The second kappa shape index (κ2) is 5.99. The van der Waals surface area contributed by atoms with Gasteiger partial charge in [-0.3, -0.25) is 9.78 Å². The highest BCUT2D eigenvalue weighted by Gasteiger charge is 2.17. The molecule has 0 fully saturated rings. The summed E-state index contributed by atoms with van der Waals surface area (Å²) < 4.78 is 0. The van der Waals surface area contributed by atoms with Gasteiger partial charge >= 0.3 is 5.69 Å². The van der Waals surface area contributed by atoms with Crippen molar-refractivity contribution in [3.8, 4) is 10.7 Å². The Morgan fingerprint density at radius 1 is 1.16 bits per heavy atom. The van der Waals surface area contributed by atoms with Crippen LogP contribution in [0, 0.1) is 6.92 Å². The molecule has 0 saturated heterocycles. The maximum Gasteiger partial charge on any atom is 0.323 e. The number of aromatic nitrogens is 4. The van der Waals surface area contributed by atoms with Crippen LogP contribution in [0.25, 0.3) is 21.7 Å². The molecular formula is C17H13N5O2S. The summed E-state index contributed by atoms with van der Waals surface area (Å²) in [4.78, 5) is 38.5. The van der Waals surface area contributed by atoms with Crippen molar-refractivity contribution < 1.29 is 4.79 Å². The number of hydrogen-bond acceptors (Lipinski definition) is 5. The molecule has 124 valence electrons. The summed E-state index contributed by atoms with van der Waals surface area (Å²) in [5.74, 6) is -0.241. The Bertz CT molecular complexity index is 1130. The minimum atomic E-state index is -0.281. The second-order valence-electron chi connectivity index (χ2n) is 5.44. The number of nitrogens with one attached hydrogen (secondary N) is 3. The number of hydrogen-bond donors (Lipinski definition) is 3. The Morgan fingerprint density at radius 3 is 2.80 bits per heavy atom. The average molecular weight is 351 g/mol. The van der Waals surface area contributed by atoms with E-state index in [-0.39, 0.29) is 11.6 Å². The van der Waals surface area contributed by atoms with Gasteiger partial charge in [-0.25, -0.2) is 9.78 Å². The molecule has 25 heavy (non-hydrogen) atoms. The molecule has 1 aromatic carbocycles. The molecule has 0 bridgehead atoms. The van der Waals surface area contributed by atoms with E-state index in [2.05, 4.69) is 25.3 Å². The van der Waals surface area contributed by atoms with E-state index in [4.69, 9.17) is 0 Å². The highest BCUT2D eigenvalue weighted by atomic mass is 32.1. The number of carbonyl (C=O) groups is 1. The monoisotopic (exact) mass is 351 g/mol. The quantitative estimate of drug-likeness (QED) is 0.528. The molecule has 3 heterocycles. The van der Waals surface area contributed by atoms with E-state index in [0.717, 1.165) is 5.69 Å². The lowest BCUT2D eigenvalue weighted by Gasteiger charge is -2.03. The van der Waals surface area contributed by atoms with Crippen LogP contribution < -0.4 is 11.0 Å². The van der Waals surface area contributed by atoms with Crippen molar-refractivity contribution in [2.45, 2.75) is 6.92 Å². The third-order valence-corrected chi connectivity index (χ3v) is 4.84.